The van der Waals surface area contributed by atoms with Gasteiger partial charge in [0.05, 0.1) is 17.2 Å². The van der Waals surface area contributed by atoms with Crippen LogP contribution < -0.4 is 10.9 Å². The molecule has 1 atom stereocenters. The molecule has 1 amide bonds. The van der Waals surface area contributed by atoms with Crippen LogP contribution in [0.3, 0.4) is 0 Å². The summed E-state index contributed by atoms with van der Waals surface area (Å²) in [6, 6.07) is 20.6. The van der Waals surface area contributed by atoms with Gasteiger partial charge in [-0.3, -0.25) is 14.2 Å². The van der Waals surface area contributed by atoms with Gasteiger partial charge in [-0.05, 0) is 29.8 Å². The molecule has 2 aromatic carbocycles. The highest BCUT2D eigenvalue weighted by atomic mass is 16.2. The second kappa shape index (κ2) is 7.21. The Morgan fingerprint density at radius 1 is 0.889 bits per heavy atom. The van der Waals surface area contributed by atoms with Crippen LogP contribution in [0.5, 0.6) is 0 Å². The van der Waals surface area contributed by atoms with E-state index in [9.17, 15) is 9.59 Å². The van der Waals surface area contributed by atoms with Crippen molar-refractivity contribution in [3.8, 4) is 0 Å². The first-order chi connectivity index (χ1) is 13.2. The number of amides is 1. The molecule has 0 aliphatic rings. The second-order valence-electron chi connectivity index (χ2n) is 5.99. The fraction of sp³-hybridized carbons (Fsp3) is 0.0476. The maximum absolute atomic E-state index is 13.1. The van der Waals surface area contributed by atoms with E-state index in [0.717, 1.165) is 0 Å². The summed E-state index contributed by atoms with van der Waals surface area (Å²) in [7, 11) is 0. The highest BCUT2D eigenvalue weighted by molar-refractivity contribution is 5.95. The van der Waals surface area contributed by atoms with Crippen LogP contribution in [0.1, 0.15) is 11.6 Å². The molecule has 0 saturated carbocycles. The van der Waals surface area contributed by atoms with Gasteiger partial charge in [-0.2, -0.15) is 0 Å². The largest absolute Gasteiger partial charge is 0.309 e. The average molecular weight is 356 g/mol. The van der Waals surface area contributed by atoms with Crippen LogP contribution in [0.15, 0.2) is 90.1 Å². The minimum Gasteiger partial charge on any atom is -0.309 e. The molecule has 2 aromatic heterocycles. The summed E-state index contributed by atoms with van der Waals surface area (Å²) in [5.41, 5.74) is 1.01. The predicted molar refractivity (Wildman–Crippen MR) is 103 cm³/mol. The van der Waals surface area contributed by atoms with E-state index in [1.54, 1.807) is 42.6 Å². The van der Waals surface area contributed by atoms with E-state index in [1.807, 2.05) is 36.4 Å². The predicted octanol–water partition coefficient (Wildman–Crippen LogP) is 3.02. The monoisotopic (exact) mass is 356 g/mol. The molecule has 0 saturated heterocycles. The first kappa shape index (κ1) is 16.7. The molecule has 4 rings (SSSR count). The summed E-state index contributed by atoms with van der Waals surface area (Å²) in [6.45, 7) is 0. The van der Waals surface area contributed by atoms with Gasteiger partial charge in [-0.1, -0.05) is 48.5 Å². The Labute approximate surface area is 155 Å². The summed E-state index contributed by atoms with van der Waals surface area (Å²) in [5.74, 6) is 0.0595. The van der Waals surface area contributed by atoms with Crippen molar-refractivity contribution in [3.05, 3.63) is 101 Å². The molecular formula is C21H16N4O2. The molecule has 6 nitrogen and oxygen atoms in total. The van der Waals surface area contributed by atoms with Crippen LogP contribution in [0, 0.1) is 0 Å². The molecule has 132 valence electrons. The Balaban J connectivity index is 1.83. The van der Waals surface area contributed by atoms with Crippen molar-refractivity contribution in [1.29, 1.82) is 0 Å². The molecule has 0 aliphatic heterocycles. The Morgan fingerprint density at radius 3 is 2.41 bits per heavy atom. The number of fused-ring (bicyclic) bond motifs is 1. The van der Waals surface area contributed by atoms with Gasteiger partial charge in [0.1, 0.15) is 11.9 Å². The molecule has 4 aromatic rings. The fourth-order valence-electron chi connectivity index (χ4n) is 2.97. The zero-order valence-electron chi connectivity index (χ0n) is 14.3. The number of aromatic nitrogens is 3. The number of hydrogen-bond donors (Lipinski definition) is 1. The van der Waals surface area contributed by atoms with Gasteiger partial charge in [-0.15, -0.1) is 0 Å². The van der Waals surface area contributed by atoms with Crippen LogP contribution >= 0.6 is 0 Å². The topological polar surface area (TPSA) is 76.9 Å². The van der Waals surface area contributed by atoms with Crippen LogP contribution in [-0.2, 0) is 4.79 Å². The fourth-order valence-corrected chi connectivity index (χ4v) is 2.97. The van der Waals surface area contributed by atoms with Crippen molar-refractivity contribution < 1.29 is 4.79 Å². The number of carbonyl (C=O) groups excluding carboxylic acids is 1. The highest BCUT2D eigenvalue weighted by Gasteiger charge is 2.25. The summed E-state index contributed by atoms with van der Waals surface area (Å²) in [4.78, 5) is 34.6. The minimum atomic E-state index is -0.863. The Bertz CT molecular complexity index is 1140. The Morgan fingerprint density at radius 2 is 1.63 bits per heavy atom. The normalized spacial score (nSPS) is 11.9. The maximum atomic E-state index is 13.1. The summed E-state index contributed by atoms with van der Waals surface area (Å²) in [5, 5.41) is 3.24. The van der Waals surface area contributed by atoms with Gasteiger partial charge in [0.15, 0.2) is 0 Å². The molecule has 6 heteroatoms. The van der Waals surface area contributed by atoms with Crippen LogP contribution in [0.2, 0.25) is 0 Å². The number of pyridine rings is 1. The number of para-hydroxylation sites is 1. The van der Waals surface area contributed by atoms with E-state index in [2.05, 4.69) is 15.3 Å². The molecule has 2 heterocycles. The third kappa shape index (κ3) is 3.32. The van der Waals surface area contributed by atoms with Crippen molar-refractivity contribution in [3.63, 3.8) is 0 Å². The third-order valence-corrected chi connectivity index (χ3v) is 4.25. The van der Waals surface area contributed by atoms with Gasteiger partial charge in [0.25, 0.3) is 11.5 Å². The lowest BCUT2D eigenvalue weighted by Gasteiger charge is -2.19. The van der Waals surface area contributed by atoms with Crippen LogP contribution in [0.4, 0.5) is 5.82 Å². The SMILES string of the molecule is O=C(Nc1ccccn1)C(c1ccccc1)n1cnc2ccccc2c1=O. The number of benzene rings is 2. The molecule has 1 N–H and O–H groups in total. The number of rotatable bonds is 4. The molecule has 0 spiro atoms. The average Bonchev–Trinajstić information content (AvgIpc) is 2.72. The lowest BCUT2D eigenvalue weighted by molar-refractivity contribution is -0.118. The lowest BCUT2D eigenvalue weighted by Crippen LogP contribution is -2.34. The molecule has 1 unspecified atom stereocenters. The Hall–Kier alpha value is -3.80. The first-order valence-electron chi connectivity index (χ1n) is 8.47. The van der Waals surface area contributed by atoms with E-state index >= 15 is 0 Å². The molecule has 0 bridgehead atoms. The minimum absolute atomic E-state index is 0.273. The van der Waals surface area contributed by atoms with Gasteiger partial charge in [-0.25, -0.2) is 9.97 Å². The number of carbonyl (C=O) groups is 1. The third-order valence-electron chi connectivity index (χ3n) is 4.25. The van der Waals surface area contributed by atoms with E-state index in [0.29, 0.717) is 22.3 Å². The van der Waals surface area contributed by atoms with Crippen molar-refractivity contribution in [2.24, 2.45) is 0 Å². The highest BCUT2D eigenvalue weighted by Crippen LogP contribution is 2.19. The number of anilines is 1. The molecular weight excluding hydrogens is 340 g/mol. The molecule has 0 fully saturated rings. The van der Waals surface area contributed by atoms with Crippen LogP contribution in [0.25, 0.3) is 10.9 Å². The Kier molecular flexibility index (Phi) is 4.45. The van der Waals surface area contributed by atoms with E-state index in [1.165, 1.54) is 10.9 Å². The summed E-state index contributed by atoms with van der Waals surface area (Å²) in [6.07, 6.45) is 3.01. The van der Waals surface area contributed by atoms with Gasteiger partial charge < -0.3 is 5.32 Å². The van der Waals surface area contributed by atoms with Crippen molar-refractivity contribution >= 4 is 22.6 Å². The first-order valence-corrected chi connectivity index (χ1v) is 8.47. The van der Waals surface area contributed by atoms with Gasteiger partial charge in [0, 0.05) is 6.20 Å². The van der Waals surface area contributed by atoms with E-state index in [-0.39, 0.29) is 11.5 Å². The number of hydrogen-bond acceptors (Lipinski definition) is 4. The summed E-state index contributed by atoms with van der Waals surface area (Å²) < 4.78 is 1.36. The van der Waals surface area contributed by atoms with Crippen molar-refractivity contribution in [2.75, 3.05) is 5.32 Å². The smallest absolute Gasteiger partial charge is 0.262 e. The van der Waals surface area contributed by atoms with Gasteiger partial charge >= 0.3 is 0 Å². The number of nitrogens with one attached hydrogen (secondary N) is 1. The zero-order chi connectivity index (χ0) is 18.6. The van der Waals surface area contributed by atoms with E-state index in [4.69, 9.17) is 0 Å². The second-order valence-corrected chi connectivity index (χ2v) is 5.99. The zero-order valence-corrected chi connectivity index (χ0v) is 14.3. The van der Waals surface area contributed by atoms with E-state index < -0.39 is 6.04 Å². The lowest BCUT2D eigenvalue weighted by atomic mass is 10.1. The van der Waals surface area contributed by atoms with Crippen LogP contribution in [-0.4, -0.2) is 20.4 Å². The van der Waals surface area contributed by atoms with Crippen molar-refractivity contribution in [1.82, 2.24) is 14.5 Å². The molecule has 0 aliphatic carbocycles. The van der Waals surface area contributed by atoms with Gasteiger partial charge in [0.2, 0.25) is 0 Å². The van der Waals surface area contributed by atoms with Crippen molar-refractivity contribution in [2.45, 2.75) is 6.04 Å². The maximum Gasteiger partial charge on any atom is 0.262 e. The quantitative estimate of drug-likeness (QED) is 0.610. The summed E-state index contributed by atoms with van der Waals surface area (Å²) >= 11 is 0. The molecule has 27 heavy (non-hydrogen) atoms. The standard InChI is InChI=1S/C21H16N4O2/c26-20(24-18-12-6-7-13-22-18)19(15-8-2-1-3-9-15)25-14-23-17-11-5-4-10-16(17)21(25)27/h1-14,19H,(H,22,24,26). The molecule has 0 radical (unpaired) electrons. The number of nitrogens with zero attached hydrogens (tertiary/aromatic N) is 3.